The van der Waals surface area contributed by atoms with Crippen LogP contribution in [0.4, 0.5) is 5.69 Å². The van der Waals surface area contributed by atoms with Crippen LogP contribution >= 0.6 is 11.3 Å². The molecule has 0 bridgehead atoms. The highest BCUT2D eigenvalue weighted by molar-refractivity contribution is 7.88. The quantitative estimate of drug-likeness (QED) is 0.422. The van der Waals surface area contributed by atoms with Crippen LogP contribution in [-0.2, 0) is 17.8 Å². The fraction of sp³-hybridized carbons (Fsp3) is 0.217. The van der Waals surface area contributed by atoms with E-state index in [-0.39, 0.29) is 5.25 Å². The van der Waals surface area contributed by atoms with E-state index in [1.54, 1.807) is 18.7 Å². The van der Waals surface area contributed by atoms with E-state index in [9.17, 15) is 4.21 Å². The standard InChI is InChI=1S/C23H20N6OS2/c1-29-19(7-8-27-29)16-10-18(13-5-6-14-11-25-12-26-17(14)9-13)28-22-20(16)21(24)23(31-22)32(30)15-3-2-4-15/h5-12,15H,2-4,24H2,1H3. The Labute approximate surface area is 190 Å². The molecule has 5 aromatic rings. The van der Waals surface area contributed by atoms with E-state index in [1.807, 2.05) is 42.1 Å². The van der Waals surface area contributed by atoms with E-state index in [0.717, 1.165) is 67.1 Å². The van der Waals surface area contributed by atoms with Crippen LogP contribution < -0.4 is 5.73 Å². The van der Waals surface area contributed by atoms with Crippen LogP contribution in [0.15, 0.2) is 53.3 Å². The number of benzene rings is 1. The molecule has 0 saturated heterocycles. The van der Waals surface area contributed by atoms with Gasteiger partial charge in [-0.15, -0.1) is 11.3 Å². The summed E-state index contributed by atoms with van der Waals surface area (Å²) in [5.74, 6) is 0. The topological polar surface area (TPSA) is 99.6 Å². The third kappa shape index (κ3) is 3.03. The number of nitrogen functional groups attached to an aromatic ring is 1. The van der Waals surface area contributed by atoms with Gasteiger partial charge in [0.15, 0.2) is 0 Å². The summed E-state index contributed by atoms with van der Waals surface area (Å²) in [6, 6.07) is 10.0. The minimum atomic E-state index is -1.10. The number of hydrogen-bond acceptors (Lipinski definition) is 7. The number of anilines is 1. The Balaban J connectivity index is 1.60. The van der Waals surface area contributed by atoms with Crippen molar-refractivity contribution < 1.29 is 4.21 Å². The van der Waals surface area contributed by atoms with Crippen LogP contribution in [-0.4, -0.2) is 34.2 Å². The van der Waals surface area contributed by atoms with Crippen molar-refractivity contribution in [2.75, 3.05) is 5.73 Å². The lowest BCUT2D eigenvalue weighted by Gasteiger charge is -2.23. The summed E-state index contributed by atoms with van der Waals surface area (Å²) >= 11 is 1.45. The second-order valence-electron chi connectivity index (χ2n) is 8.03. The van der Waals surface area contributed by atoms with Gasteiger partial charge in [0.1, 0.15) is 15.4 Å². The average molecular weight is 461 g/mol. The number of thiophene rings is 1. The maximum Gasteiger partial charge on any atom is 0.127 e. The summed E-state index contributed by atoms with van der Waals surface area (Å²) in [6.07, 6.45) is 8.23. The number of nitrogens with zero attached hydrogens (tertiary/aromatic N) is 5. The first-order valence-electron chi connectivity index (χ1n) is 10.4. The first-order chi connectivity index (χ1) is 15.6. The van der Waals surface area contributed by atoms with E-state index in [1.165, 1.54) is 11.3 Å². The molecule has 160 valence electrons. The molecule has 0 amide bonds. The second kappa shape index (κ2) is 7.46. The molecule has 4 heterocycles. The summed E-state index contributed by atoms with van der Waals surface area (Å²) in [7, 11) is 0.805. The largest absolute Gasteiger partial charge is 0.396 e. The molecular weight excluding hydrogens is 440 g/mol. The maximum atomic E-state index is 13.2. The smallest absolute Gasteiger partial charge is 0.127 e. The number of fused-ring (bicyclic) bond motifs is 2. The number of nitrogens with two attached hydrogens (primary N) is 1. The normalized spacial score (nSPS) is 15.3. The molecule has 1 saturated carbocycles. The summed E-state index contributed by atoms with van der Waals surface area (Å²) in [4.78, 5) is 14.2. The SMILES string of the molecule is Cn1nccc1-c1cc(-c2ccc3cncnc3c2)nc2sc(S(=O)C3CCC3)c(N)c12. The predicted octanol–water partition coefficient (Wildman–Crippen LogP) is 4.55. The Morgan fingerprint density at radius 1 is 1.22 bits per heavy atom. The Bertz CT molecular complexity index is 1520. The number of aryl methyl sites for hydroxylation is 1. The first kappa shape index (κ1) is 19.5. The molecule has 32 heavy (non-hydrogen) atoms. The van der Waals surface area contributed by atoms with E-state index in [2.05, 4.69) is 15.1 Å². The van der Waals surface area contributed by atoms with Crippen molar-refractivity contribution in [2.45, 2.75) is 28.7 Å². The Morgan fingerprint density at radius 3 is 2.84 bits per heavy atom. The zero-order chi connectivity index (χ0) is 21.8. The Morgan fingerprint density at radius 2 is 2.09 bits per heavy atom. The zero-order valence-electron chi connectivity index (χ0n) is 17.4. The molecule has 1 aliphatic carbocycles. The van der Waals surface area contributed by atoms with Crippen molar-refractivity contribution in [3.63, 3.8) is 0 Å². The van der Waals surface area contributed by atoms with E-state index < -0.39 is 10.8 Å². The fourth-order valence-corrected chi connectivity index (χ4v) is 7.32. The van der Waals surface area contributed by atoms with Crippen LogP contribution in [0.25, 0.3) is 43.6 Å². The molecule has 1 atom stereocenters. The van der Waals surface area contributed by atoms with Gasteiger partial charge in [-0.1, -0.05) is 18.6 Å². The van der Waals surface area contributed by atoms with Gasteiger partial charge < -0.3 is 5.73 Å². The van der Waals surface area contributed by atoms with Crippen LogP contribution in [0.5, 0.6) is 0 Å². The van der Waals surface area contributed by atoms with Gasteiger partial charge in [0.25, 0.3) is 0 Å². The molecular formula is C23H20N6OS2. The molecule has 1 aliphatic rings. The lowest BCUT2D eigenvalue weighted by Crippen LogP contribution is -2.23. The van der Waals surface area contributed by atoms with Gasteiger partial charge in [-0.2, -0.15) is 5.10 Å². The van der Waals surface area contributed by atoms with Crippen molar-refractivity contribution in [1.82, 2.24) is 24.7 Å². The maximum absolute atomic E-state index is 13.2. The van der Waals surface area contributed by atoms with Crippen LogP contribution in [0.2, 0.25) is 0 Å². The van der Waals surface area contributed by atoms with E-state index in [4.69, 9.17) is 10.7 Å². The van der Waals surface area contributed by atoms with Gasteiger partial charge in [0.05, 0.1) is 33.4 Å². The van der Waals surface area contributed by atoms with Crippen molar-refractivity contribution in [3.05, 3.63) is 49.1 Å². The molecule has 0 spiro atoms. The summed E-state index contributed by atoms with van der Waals surface area (Å²) < 4.78 is 15.7. The van der Waals surface area contributed by atoms with Crippen LogP contribution in [0.3, 0.4) is 0 Å². The number of pyridine rings is 1. The van der Waals surface area contributed by atoms with Gasteiger partial charge in [0.2, 0.25) is 0 Å². The Hall–Kier alpha value is -3.17. The number of hydrogen-bond donors (Lipinski definition) is 1. The van der Waals surface area contributed by atoms with Gasteiger partial charge in [-0.3, -0.25) is 8.89 Å². The lowest BCUT2D eigenvalue weighted by atomic mass is 10.0. The van der Waals surface area contributed by atoms with E-state index in [0.29, 0.717) is 5.69 Å². The average Bonchev–Trinajstić information content (AvgIpc) is 3.34. The zero-order valence-corrected chi connectivity index (χ0v) is 19.0. The molecule has 1 aromatic carbocycles. The number of aromatic nitrogens is 5. The third-order valence-corrected chi connectivity index (χ3v) is 9.40. The lowest BCUT2D eigenvalue weighted by molar-refractivity contribution is 0.505. The molecule has 0 radical (unpaired) electrons. The molecule has 1 fully saturated rings. The minimum absolute atomic E-state index is 0.199. The second-order valence-corrected chi connectivity index (χ2v) is 11.0. The molecule has 0 aliphatic heterocycles. The molecule has 1 unspecified atom stereocenters. The van der Waals surface area contributed by atoms with Gasteiger partial charge in [-0.25, -0.2) is 15.0 Å². The third-order valence-electron chi connectivity index (χ3n) is 6.10. The summed E-state index contributed by atoms with van der Waals surface area (Å²) in [6.45, 7) is 0. The highest BCUT2D eigenvalue weighted by atomic mass is 32.2. The van der Waals surface area contributed by atoms with Crippen molar-refractivity contribution in [2.24, 2.45) is 7.05 Å². The van der Waals surface area contributed by atoms with Crippen molar-refractivity contribution in [3.8, 4) is 22.5 Å². The van der Waals surface area contributed by atoms with Crippen molar-refractivity contribution in [1.29, 1.82) is 0 Å². The Kier molecular flexibility index (Phi) is 4.55. The highest BCUT2D eigenvalue weighted by Crippen LogP contribution is 2.44. The van der Waals surface area contributed by atoms with Crippen LogP contribution in [0, 0.1) is 0 Å². The number of rotatable bonds is 4. The van der Waals surface area contributed by atoms with Crippen molar-refractivity contribution >= 4 is 48.9 Å². The molecule has 9 heteroatoms. The molecule has 7 nitrogen and oxygen atoms in total. The first-order valence-corrected chi connectivity index (χ1v) is 12.4. The monoisotopic (exact) mass is 460 g/mol. The molecule has 6 rings (SSSR count). The van der Waals surface area contributed by atoms with Gasteiger partial charge in [0, 0.05) is 46.6 Å². The van der Waals surface area contributed by atoms with E-state index >= 15 is 0 Å². The van der Waals surface area contributed by atoms with Crippen LogP contribution in [0.1, 0.15) is 19.3 Å². The summed E-state index contributed by atoms with van der Waals surface area (Å²) in [5, 5.41) is 6.38. The molecule has 4 aromatic heterocycles. The fourth-order valence-electron chi connectivity index (χ4n) is 4.11. The molecule has 2 N–H and O–H groups in total. The predicted molar refractivity (Wildman–Crippen MR) is 129 cm³/mol. The van der Waals surface area contributed by atoms with Gasteiger partial charge >= 0.3 is 0 Å². The van der Waals surface area contributed by atoms with Gasteiger partial charge in [-0.05, 0) is 31.0 Å². The highest BCUT2D eigenvalue weighted by Gasteiger charge is 2.30. The minimum Gasteiger partial charge on any atom is -0.396 e. The summed E-state index contributed by atoms with van der Waals surface area (Å²) in [5.41, 5.74) is 11.7.